The van der Waals surface area contributed by atoms with E-state index in [2.05, 4.69) is 44.4 Å². The Balaban J connectivity index is 0.973. The van der Waals surface area contributed by atoms with Crippen molar-refractivity contribution in [1.29, 1.82) is 0 Å². The van der Waals surface area contributed by atoms with Gasteiger partial charge in [-0.3, -0.25) is 14.6 Å². The Bertz CT molecular complexity index is 1350. The minimum atomic E-state index is -1.25. The molecule has 10 heteroatoms. The van der Waals surface area contributed by atoms with Crippen LogP contribution in [0, 0.1) is 50.7 Å². The molecule has 0 aromatic heterocycles. The molecule has 2 N–H and O–H groups in total. The van der Waals surface area contributed by atoms with Gasteiger partial charge in [0.2, 0.25) is 0 Å². The van der Waals surface area contributed by atoms with Crippen LogP contribution in [0.5, 0.6) is 0 Å². The zero-order valence-electron chi connectivity index (χ0n) is 33.5. The number of rotatable bonds is 8. The van der Waals surface area contributed by atoms with E-state index in [-0.39, 0.29) is 52.0 Å². The quantitative estimate of drug-likeness (QED) is 0.336. The van der Waals surface area contributed by atoms with Crippen molar-refractivity contribution in [3.05, 3.63) is 0 Å². The largest absolute Gasteiger partial charge is 0.457 e. The average Bonchev–Trinajstić information content (AvgIpc) is 3.72. The number of ether oxygens (including phenoxy) is 5. The lowest BCUT2D eigenvalue weighted by atomic mass is 9.41. The SMILES string of the molecule is CC(=O)O[C@@H]([C@H]1CC(C)C2C(O1)[C@H](O)[C@@]1(C)[C@@H]3CC[C@H]4C(C)(C)[C@@H](OC5CN(CCN6CCOCC6)CCO5)CC[C@@]45C[C@@]35CC[C@]21C)C(C)(C)O. The molecule has 8 fully saturated rings. The fraction of sp³-hybridized carbons (Fsp3) is 0.976. The molecule has 5 saturated carbocycles. The molecular formula is C42H70N2O8. The van der Waals surface area contributed by atoms with Crippen molar-refractivity contribution in [3.63, 3.8) is 0 Å². The smallest absolute Gasteiger partial charge is 0.303 e. The van der Waals surface area contributed by atoms with Crippen LogP contribution < -0.4 is 0 Å². The van der Waals surface area contributed by atoms with Crippen LogP contribution in [0.15, 0.2) is 0 Å². The van der Waals surface area contributed by atoms with Crippen LogP contribution in [0.25, 0.3) is 0 Å². The number of aliphatic hydroxyl groups is 2. The lowest BCUT2D eigenvalue weighted by Crippen LogP contribution is -2.60. The van der Waals surface area contributed by atoms with Gasteiger partial charge in [-0.1, -0.05) is 34.6 Å². The van der Waals surface area contributed by atoms with Crippen molar-refractivity contribution < 1.29 is 38.7 Å². The van der Waals surface area contributed by atoms with Crippen molar-refractivity contribution in [2.75, 3.05) is 59.1 Å². The Morgan fingerprint density at radius 3 is 2.33 bits per heavy atom. The van der Waals surface area contributed by atoms with Gasteiger partial charge in [0.25, 0.3) is 0 Å². The first-order valence-corrected chi connectivity index (χ1v) is 21.0. The number of hydrogen-bond donors (Lipinski definition) is 2. The number of carbonyl (C=O) groups is 1. The van der Waals surface area contributed by atoms with Crippen molar-refractivity contribution in [2.24, 2.45) is 50.7 Å². The summed E-state index contributed by atoms with van der Waals surface area (Å²) in [6.45, 7) is 25.3. The maximum Gasteiger partial charge on any atom is 0.303 e. The van der Waals surface area contributed by atoms with Crippen molar-refractivity contribution in [3.8, 4) is 0 Å². The maximum absolute atomic E-state index is 12.6. The third-order valence-electron chi connectivity index (χ3n) is 17.4. The number of nitrogens with zero attached hydrogens (tertiary/aromatic N) is 2. The van der Waals surface area contributed by atoms with Crippen LogP contribution in [0.2, 0.25) is 0 Å². The molecule has 5 aliphatic carbocycles. The molecule has 3 saturated heterocycles. The molecule has 2 spiro atoms. The Morgan fingerprint density at radius 1 is 0.942 bits per heavy atom. The van der Waals surface area contributed by atoms with E-state index in [4.69, 9.17) is 23.7 Å². The number of esters is 1. The highest BCUT2D eigenvalue weighted by molar-refractivity contribution is 5.66. The van der Waals surface area contributed by atoms with Gasteiger partial charge in [-0.2, -0.15) is 0 Å². The Kier molecular flexibility index (Phi) is 9.59. The molecule has 14 atom stereocenters. The lowest BCUT2D eigenvalue weighted by molar-refractivity contribution is -0.249. The fourth-order valence-electron chi connectivity index (χ4n) is 14.8. The monoisotopic (exact) mass is 731 g/mol. The summed E-state index contributed by atoms with van der Waals surface area (Å²) in [4.78, 5) is 17.2. The molecule has 0 aromatic carbocycles. The van der Waals surface area contributed by atoms with Crippen molar-refractivity contribution in [2.45, 2.75) is 149 Å². The van der Waals surface area contributed by atoms with E-state index in [0.29, 0.717) is 23.7 Å². The number of aliphatic hydroxyl groups excluding tert-OH is 1. The van der Waals surface area contributed by atoms with Gasteiger partial charge in [0.15, 0.2) is 12.4 Å². The van der Waals surface area contributed by atoms with Gasteiger partial charge in [0.1, 0.15) is 0 Å². The highest BCUT2D eigenvalue weighted by Gasteiger charge is 2.84. The fourth-order valence-corrected chi connectivity index (χ4v) is 14.8. The highest BCUT2D eigenvalue weighted by Crippen LogP contribution is 2.89. The highest BCUT2D eigenvalue weighted by atomic mass is 16.7. The summed E-state index contributed by atoms with van der Waals surface area (Å²) in [7, 11) is 0. The second-order valence-corrected chi connectivity index (χ2v) is 20.4. The molecule has 3 heterocycles. The van der Waals surface area contributed by atoms with Crippen LogP contribution in [0.4, 0.5) is 0 Å². The Hall–Kier alpha value is -0.850. The van der Waals surface area contributed by atoms with Gasteiger partial charge < -0.3 is 33.9 Å². The summed E-state index contributed by atoms with van der Waals surface area (Å²) in [5.41, 5.74) is -0.969. The maximum atomic E-state index is 12.6. The summed E-state index contributed by atoms with van der Waals surface area (Å²) in [5, 5.41) is 23.7. The summed E-state index contributed by atoms with van der Waals surface area (Å²) in [6, 6.07) is 0. The zero-order chi connectivity index (χ0) is 37.1. The number of hydrogen-bond acceptors (Lipinski definition) is 10. The standard InChI is InChI=1S/C42H70N2O8/c1-26-23-28(36(38(5,6)47)50-27(2)45)51-34-33(26)39(7)13-14-42-25-41(42)12-11-31(37(3,4)29(41)9-10-30(42)40(39,8)35(34)46)52-32-24-44(19-22-49-32)16-15-43-17-20-48-21-18-43/h26,28-36,46-47H,9-25H2,1-8H3/t26?,28-,29+,30+,31+,32?,33?,34?,35+,36+,39-,40-,41-,42+/m1/s1. The molecule has 10 nitrogen and oxygen atoms in total. The number of fused-ring (bicyclic) bond motifs is 4. The van der Waals surface area contributed by atoms with Gasteiger partial charge in [-0.05, 0) is 111 Å². The minimum Gasteiger partial charge on any atom is -0.457 e. The summed E-state index contributed by atoms with van der Waals surface area (Å²) in [6.07, 6.45) is 6.74. The molecule has 0 radical (unpaired) electrons. The van der Waals surface area contributed by atoms with E-state index in [1.807, 2.05) is 0 Å². The summed E-state index contributed by atoms with van der Waals surface area (Å²) >= 11 is 0. The second kappa shape index (κ2) is 13.1. The van der Waals surface area contributed by atoms with Crippen LogP contribution in [-0.4, -0.2) is 127 Å². The summed E-state index contributed by atoms with van der Waals surface area (Å²) < 4.78 is 31.4. The van der Waals surface area contributed by atoms with Gasteiger partial charge in [0.05, 0.1) is 49.8 Å². The number of morpholine rings is 2. The topological polar surface area (TPSA) is 110 Å². The first-order valence-electron chi connectivity index (χ1n) is 21.0. The van der Waals surface area contributed by atoms with Gasteiger partial charge >= 0.3 is 5.97 Å². The van der Waals surface area contributed by atoms with Crippen molar-refractivity contribution >= 4 is 5.97 Å². The Morgan fingerprint density at radius 2 is 1.62 bits per heavy atom. The van der Waals surface area contributed by atoms with Crippen molar-refractivity contribution in [1.82, 2.24) is 9.80 Å². The molecule has 296 valence electrons. The molecule has 0 aromatic rings. The second-order valence-electron chi connectivity index (χ2n) is 20.4. The molecule has 52 heavy (non-hydrogen) atoms. The minimum absolute atomic E-state index is 0.0454. The molecular weight excluding hydrogens is 660 g/mol. The van der Waals surface area contributed by atoms with Crippen LogP contribution in [0.1, 0.15) is 107 Å². The molecule has 8 rings (SSSR count). The predicted octanol–water partition coefficient (Wildman–Crippen LogP) is 4.88. The molecule has 0 amide bonds. The van der Waals surface area contributed by atoms with E-state index in [0.717, 1.165) is 78.4 Å². The van der Waals surface area contributed by atoms with Crippen LogP contribution in [-0.2, 0) is 28.5 Å². The molecule has 0 bridgehead atoms. The van der Waals surface area contributed by atoms with E-state index in [1.165, 1.54) is 32.6 Å². The van der Waals surface area contributed by atoms with Crippen LogP contribution >= 0.6 is 0 Å². The predicted molar refractivity (Wildman–Crippen MR) is 196 cm³/mol. The van der Waals surface area contributed by atoms with E-state index < -0.39 is 29.9 Å². The van der Waals surface area contributed by atoms with E-state index >= 15 is 0 Å². The molecule has 4 unspecified atom stereocenters. The van der Waals surface area contributed by atoms with Gasteiger partial charge in [0, 0.05) is 51.6 Å². The first-order chi connectivity index (χ1) is 24.5. The molecule has 8 aliphatic rings. The summed E-state index contributed by atoms with van der Waals surface area (Å²) in [5.74, 6) is 1.11. The van der Waals surface area contributed by atoms with Crippen LogP contribution in [0.3, 0.4) is 0 Å². The third-order valence-corrected chi connectivity index (χ3v) is 17.4. The third kappa shape index (κ3) is 5.64. The normalized spacial score (nSPS) is 49.5. The average molecular weight is 731 g/mol. The zero-order valence-corrected chi connectivity index (χ0v) is 33.5. The van der Waals surface area contributed by atoms with Gasteiger partial charge in [-0.15, -0.1) is 0 Å². The number of carbonyl (C=O) groups excluding carboxylic acids is 1. The van der Waals surface area contributed by atoms with E-state index in [9.17, 15) is 15.0 Å². The van der Waals surface area contributed by atoms with E-state index in [1.54, 1.807) is 13.8 Å². The molecule has 3 aliphatic heterocycles. The first kappa shape index (κ1) is 38.0. The lowest BCUT2D eigenvalue weighted by Gasteiger charge is -2.64. The van der Waals surface area contributed by atoms with Gasteiger partial charge in [-0.25, -0.2) is 0 Å². The Labute approximate surface area is 312 Å².